The predicted octanol–water partition coefficient (Wildman–Crippen LogP) is 2.32. The van der Waals surface area contributed by atoms with Gasteiger partial charge in [-0.15, -0.1) is 0 Å². The van der Waals surface area contributed by atoms with E-state index in [1.165, 1.54) is 0 Å². The average molecular weight is 284 g/mol. The number of alkyl halides is 2. The van der Waals surface area contributed by atoms with E-state index in [-0.39, 0.29) is 6.04 Å². The van der Waals surface area contributed by atoms with Crippen molar-refractivity contribution < 1.29 is 18.3 Å². The Labute approximate surface area is 94.6 Å². The molecule has 0 radical (unpaired) electrons. The molecule has 1 aromatic rings. The van der Waals surface area contributed by atoms with Crippen molar-refractivity contribution in [2.45, 2.75) is 18.9 Å². The third-order valence-electron chi connectivity index (χ3n) is 1.92. The lowest BCUT2D eigenvalue weighted by molar-refractivity contribution is -0.0494. The Morgan fingerprint density at radius 3 is 2.73 bits per heavy atom. The second-order valence-electron chi connectivity index (χ2n) is 3.26. The van der Waals surface area contributed by atoms with E-state index >= 15 is 0 Å². The minimum atomic E-state index is -3.10. The number of aliphatic hydroxyl groups is 1. The van der Waals surface area contributed by atoms with Gasteiger partial charge in [0.25, 0.3) is 5.92 Å². The Morgan fingerprint density at radius 2 is 2.27 bits per heavy atom. The topological polar surface area (TPSA) is 45.4 Å². The second kappa shape index (κ2) is 5.05. The zero-order chi connectivity index (χ0) is 11.5. The third kappa shape index (κ3) is 3.89. The highest BCUT2D eigenvalue weighted by Gasteiger charge is 2.28. The first kappa shape index (κ1) is 12.6. The molecule has 15 heavy (non-hydrogen) atoms. The van der Waals surface area contributed by atoms with E-state index in [2.05, 4.69) is 21.2 Å². The van der Waals surface area contributed by atoms with Crippen molar-refractivity contribution in [2.75, 3.05) is 13.2 Å². The predicted molar refractivity (Wildman–Crippen MR) is 54.9 cm³/mol. The Hall–Kier alpha value is -0.460. The maximum Gasteiger partial charge on any atom is 0.282 e. The molecule has 1 atom stereocenters. The van der Waals surface area contributed by atoms with E-state index in [0.29, 0.717) is 10.4 Å². The van der Waals surface area contributed by atoms with Crippen LogP contribution in [-0.2, 0) is 0 Å². The molecule has 0 saturated heterocycles. The van der Waals surface area contributed by atoms with E-state index < -0.39 is 19.1 Å². The molecule has 1 unspecified atom stereocenters. The number of nitrogens with one attached hydrogen (secondary N) is 1. The number of halogens is 3. The maximum absolute atomic E-state index is 12.7. The molecule has 0 aliphatic heterocycles. The summed E-state index contributed by atoms with van der Waals surface area (Å²) >= 11 is 3.12. The molecule has 1 rings (SSSR count). The van der Waals surface area contributed by atoms with Crippen LogP contribution in [0.25, 0.3) is 0 Å². The zero-order valence-corrected chi connectivity index (χ0v) is 9.72. The van der Waals surface area contributed by atoms with Crippen LogP contribution in [0.1, 0.15) is 18.7 Å². The van der Waals surface area contributed by atoms with Crippen LogP contribution in [0, 0.1) is 0 Å². The smallest absolute Gasteiger partial charge is 0.282 e. The molecule has 2 N–H and O–H groups in total. The third-order valence-corrected chi connectivity index (χ3v) is 2.35. The molecule has 3 nitrogen and oxygen atoms in total. The number of hydrogen-bond acceptors (Lipinski definition) is 3. The normalized spacial score (nSPS) is 14.2. The summed E-state index contributed by atoms with van der Waals surface area (Å²) < 4.78 is 31.1. The second-order valence-corrected chi connectivity index (χ2v) is 4.04. The SMILES string of the molecule is CC(NCC(F)(F)CO)c1ccc(Br)o1. The Bertz CT molecular complexity index is 317. The molecule has 0 spiro atoms. The highest BCUT2D eigenvalue weighted by Crippen LogP contribution is 2.21. The fourth-order valence-corrected chi connectivity index (χ4v) is 1.34. The Balaban J connectivity index is 2.46. The van der Waals surface area contributed by atoms with Crippen molar-refractivity contribution in [3.8, 4) is 0 Å². The molecular weight excluding hydrogens is 272 g/mol. The molecule has 0 bridgehead atoms. The van der Waals surface area contributed by atoms with Crippen molar-refractivity contribution in [2.24, 2.45) is 0 Å². The van der Waals surface area contributed by atoms with Crippen molar-refractivity contribution in [3.63, 3.8) is 0 Å². The lowest BCUT2D eigenvalue weighted by Crippen LogP contribution is -2.36. The lowest BCUT2D eigenvalue weighted by atomic mass is 10.2. The summed E-state index contributed by atoms with van der Waals surface area (Å²) in [5.74, 6) is -2.53. The Kier molecular flexibility index (Phi) is 4.24. The van der Waals surface area contributed by atoms with Gasteiger partial charge in [0.15, 0.2) is 4.67 Å². The van der Waals surface area contributed by atoms with Gasteiger partial charge in [-0.05, 0) is 35.0 Å². The van der Waals surface area contributed by atoms with Crippen LogP contribution in [0.2, 0.25) is 0 Å². The zero-order valence-electron chi connectivity index (χ0n) is 8.14. The van der Waals surface area contributed by atoms with Gasteiger partial charge in [-0.3, -0.25) is 0 Å². The number of hydrogen-bond donors (Lipinski definition) is 2. The van der Waals surface area contributed by atoms with Gasteiger partial charge in [0.2, 0.25) is 0 Å². The van der Waals surface area contributed by atoms with E-state index in [4.69, 9.17) is 9.52 Å². The summed E-state index contributed by atoms with van der Waals surface area (Å²) in [6.45, 7) is -0.0315. The summed E-state index contributed by atoms with van der Waals surface area (Å²) in [5, 5.41) is 10.9. The van der Waals surface area contributed by atoms with Gasteiger partial charge in [0.1, 0.15) is 12.4 Å². The fraction of sp³-hybridized carbons (Fsp3) is 0.556. The summed E-state index contributed by atoms with van der Waals surface area (Å²) in [6, 6.07) is 3.06. The lowest BCUT2D eigenvalue weighted by Gasteiger charge is -2.17. The first-order valence-electron chi connectivity index (χ1n) is 4.42. The summed E-state index contributed by atoms with van der Waals surface area (Å²) in [5.41, 5.74) is 0. The molecule has 0 aliphatic carbocycles. The van der Waals surface area contributed by atoms with Crippen LogP contribution >= 0.6 is 15.9 Å². The minimum absolute atomic E-state index is 0.325. The summed E-state index contributed by atoms with van der Waals surface area (Å²) in [7, 11) is 0. The van der Waals surface area contributed by atoms with Gasteiger partial charge in [-0.2, -0.15) is 0 Å². The first-order chi connectivity index (χ1) is 6.94. The standard InChI is InChI=1S/C9H12BrF2NO2/c1-6(7-2-3-8(10)15-7)13-4-9(11,12)5-14/h2-3,6,13-14H,4-5H2,1H3. The van der Waals surface area contributed by atoms with Gasteiger partial charge in [-0.25, -0.2) is 8.78 Å². The number of furan rings is 1. The monoisotopic (exact) mass is 283 g/mol. The quantitative estimate of drug-likeness (QED) is 0.872. The minimum Gasteiger partial charge on any atom is -0.453 e. The summed E-state index contributed by atoms with van der Waals surface area (Å²) in [4.78, 5) is 0. The van der Waals surface area contributed by atoms with Crippen LogP contribution < -0.4 is 5.32 Å². The van der Waals surface area contributed by atoms with Crippen molar-refractivity contribution in [1.29, 1.82) is 0 Å². The van der Waals surface area contributed by atoms with Gasteiger partial charge in [-0.1, -0.05) is 0 Å². The number of aliphatic hydroxyl groups excluding tert-OH is 1. The van der Waals surface area contributed by atoms with E-state index in [1.54, 1.807) is 19.1 Å². The van der Waals surface area contributed by atoms with E-state index in [0.717, 1.165) is 0 Å². The van der Waals surface area contributed by atoms with E-state index in [9.17, 15) is 8.78 Å². The van der Waals surface area contributed by atoms with Crippen LogP contribution in [-0.4, -0.2) is 24.2 Å². The van der Waals surface area contributed by atoms with Crippen LogP contribution in [0.4, 0.5) is 8.78 Å². The average Bonchev–Trinajstić information content (AvgIpc) is 2.61. The highest BCUT2D eigenvalue weighted by molar-refractivity contribution is 9.10. The molecule has 6 heteroatoms. The van der Waals surface area contributed by atoms with Gasteiger partial charge >= 0.3 is 0 Å². The first-order valence-corrected chi connectivity index (χ1v) is 5.21. The molecule has 0 saturated carbocycles. The van der Waals surface area contributed by atoms with E-state index in [1.807, 2.05) is 0 Å². The molecule has 0 aromatic carbocycles. The number of rotatable bonds is 5. The van der Waals surface area contributed by atoms with Crippen molar-refractivity contribution >= 4 is 15.9 Å². The van der Waals surface area contributed by atoms with Gasteiger partial charge < -0.3 is 14.8 Å². The highest BCUT2D eigenvalue weighted by atomic mass is 79.9. The summed E-state index contributed by atoms with van der Waals surface area (Å²) in [6.07, 6.45) is 0. The molecule has 1 heterocycles. The van der Waals surface area contributed by atoms with Gasteiger partial charge in [0, 0.05) is 0 Å². The maximum atomic E-state index is 12.7. The van der Waals surface area contributed by atoms with Crippen molar-refractivity contribution in [1.82, 2.24) is 5.32 Å². The Morgan fingerprint density at radius 1 is 1.60 bits per heavy atom. The fourth-order valence-electron chi connectivity index (χ4n) is 1.02. The molecule has 1 aromatic heterocycles. The molecule has 0 amide bonds. The molecular formula is C9H12BrF2NO2. The van der Waals surface area contributed by atoms with Crippen LogP contribution in [0.15, 0.2) is 21.2 Å². The molecule has 86 valence electrons. The van der Waals surface area contributed by atoms with Gasteiger partial charge in [0.05, 0.1) is 12.6 Å². The molecule has 0 fully saturated rings. The van der Waals surface area contributed by atoms with Crippen LogP contribution in [0.5, 0.6) is 0 Å². The van der Waals surface area contributed by atoms with Crippen molar-refractivity contribution in [3.05, 3.63) is 22.6 Å². The molecule has 0 aliphatic rings. The largest absolute Gasteiger partial charge is 0.453 e. The van der Waals surface area contributed by atoms with Crippen LogP contribution in [0.3, 0.4) is 0 Å².